The molecule has 0 aromatic heterocycles. The maximum Gasteiger partial charge on any atom is 0.161 e. The first-order chi connectivity index (χ1) is 13.1. The molecule has 0 bridgehead atoms. The van der Waals surface area contributed by atoms with E-state index in [0.29, 0.717) is 35.5 Å². The van der Waals surface area contributed by atoms with Gasteiger partial charge in [-0.15, -0.1) is 0 Å². The monoisotopic (exact) mass is 376 g/mol. The first kappa shape index (κ1) is 23.2. The molecule has 0 spiro atoms. The van der Waals surface area contributed by atoms with Gasteiger partial charge in [0.05, 0.1) is 13.7 Å². The minimum absolute atomic E-state index is 0.210. The highest BCUT2D eigenvalue weighted by Gasteiger charge is 2.12. The smallest absolute Gasteiger partial charge is 0.161 e. The Morgan fingerprint density at radius 1 is 1.07 bits per heavy atom. The Morgan fingerprint density at radius 2 is 1.81 bits per heavy atom. The van der Waals surface area contributed by atoms with Gasteiger partial charge < -0.3 is 14.6 Å². The molecule has 1 rings (SSSR count). The topological polar surface area (TPSA) is 55.8 Å². The fourth-order valence-electron chi connectivity index (χ4n) is 3.00. The zero-order valence-electron chi connectivity index (χ0n) is 17.4. The van der Waals surface area contributed by atoms with Crippen molar-refractivity contribution in [2.45, 2.75) is 59.3 Å². The molecule has 4 nitrogen and oxygen atoms in total. The van der Waals surface area contributed by atoms with Crippen LogP contribution in [0.2, 0.25) is 0 Å². The van der Waals surface area contributed by atoms with Gasteiger partial charge in [0, 0.05) is 12.2 Å². The van der Waals surface area contributed by atoms with Gasteiger partial charge in [-0.2, -0.15) is 0 Å². The molecule has 0 fully saturated rings. The Labute approximate surface area is 164 Å². The molecule has 0 amide bonds. The van der Waals surface area contributed by atoms with Gasteiger partial charge in [0.1, 0.15) is 0 Å². The van der Waals surface area contributed by atoms with Crippen LogP contribution in [-0.4, -0.2) is 31.7 Å². The molecule has 1 N–H and O–H groups in total. The summed E-state index contributed by atoms with van der Waals surface area (Å²) < 4.78 is 11.3. The van der Waals surface area contributed by atoms with Crippen LogP contribution >= 0.6 is 0 Å². The van der Waals surface area contributed by atoms with E-state index in [1.165, 1.54) is 12.8 Å². The number of carbonyl (C=O) groups excluding carboxylic acids is 1. The second kappa shape index (κ2) is 13.4. The lowest BCUT2D eigenvalue weighted by Crippen LogP contribution is -2.05. The Kier molecular flexibility index (Phi) is 11.5. The summed E-state index contributed by atoms with van der Waals surface area (Å²) >= 11 is 0. The fourth-order valence-corrected chi connectivity index (χ4v) is 3.00. The molecule has 0 radical (unpaired) electrons. The number of aldehydes is 1. The van der Waals surface area contributed by atoms with Gasteiger partial charge in [-0.3, -0.25) is 4.79 Å². The average molecular weight is 377 g/mol. The van der Waals surface area contributed by atoms with Gasteiger partial charge >= 0.3 is 0 Å². The maximum atomic E-state index is 11.5. The summed E-state index contributed by atoms with van der Waals surface area (Å²) in [7, 11) is 1.58. The van der Waals surface area contributed by atoms with Gasteiger partial charge in [-0.1, -0.05) is 45.8 Å². The first-order valence-corrected chi connectivity index (χ1v) is 10.2. The molecule has 1 aromatic carbocycles. The number of allylic oxidation sites excluding steroid dienone is 1. The summed E-state index contributed by atoms with van der Waals surface area (Å²) in [6.07, 6.45) is 11.3. The van der Waals surface area contributed by atoms with Crippen LogP contribution in [0.5, 0.6) is 11.5 Å². The molecule has 1 aromatic rings. The van der Waals surface area contributed by atoms with E-state index in [1.807, 2.05) is 12.1 Å². The third-order valence-corrected chi connectivity index (χ3v) is 4.83. The van der Waals surface area contributed by atoms with E-state index in [9.17, 15) is 4.79 Å². The maximum absolute atomic E-state index is 11.5. The lowest BCUT2D eigenvalue weighted by Gasteiger charge is -2.17. The van der Waals surface area contributed by atoms with Crippen molar-refractivity contribution in [1.29, 1.82) is 0 Å². The molecule has 27 heavy (non-hydrogen) atoms. The summed E-state index contributed by atoms with van der Waals surface area (Å²) in [6.45, 7) is 7.45. The van der Waals surface area contributed by atoms with Crippen molar-refractivity contribution in [3.05, 3.63) is 29.3 Å². The van der Waals surface area contributed by atoms with Crippen LogP contribution < -0.4 is 9.47 Å². The number of carbonyl (C=O) groups is 1. The quantitative estimate of drug-likeness (QED) is 0.343. The second-order valence-electron chi connectivity index (χ2n) is 7.29. The molecule has 0 heterocycles. The van der Waals surface area contributed by atoms with Gasteiger partial charge in [-0.05, 0) is 55.2 Å². The molecular weight excluding hydrogens is 340 g/mol. The van der Waals surface area contributed by atoms with Crippen molar-refractivity contribution in [2.24, 2.45) is 11.8 Å². The summed E-state index contributed by atoms with van der Waals surface area (Å²) in [5.41, 5.74) is 1.46. The number of hydrogen-bond acceptors (Lipinski definition) is 4. The SMILES string of the molecule is CCCCC(/C=C\c1cc(OCCCCCO)c(OC)cc1C=O)C(C)C. The van der Waals surface area contributed by atoms with Crippen molar-refractivity contribution in [1.82, 2.24) is 0 Å². The van der Waals surface area contributed by atoms with E-state index >= 15 is 0 Å². The van der Waals surface area contributed by atoms with E-state index in [4.69, 9.17) is 14.6 Å². The first-order valence-electron chi connectivity index (χ1n) is 10.2. The van der Waals surface area contributed by atoms with Crippen LogP contribution in [0.3, 0.4) is 0 Å². The zero-order valence-corrected chi connectivity index (χ0v) is 17.4. The van der Waals surface area contributed by atoms with Crippen molar-refractivity contribution >= 4 is 12.4 Å². The average Bonchev–Trinajstić information content (AvgIpc) is 2.67. The van der Waals surface area contributed by atoms with Crippen molar-refractivity contribution in [3.8, 4) is 11.5 Å². The Morgan fingerprint density at radius 3 is 2.41 bits per heavy atom. The number of hydrogen-bond donors (Lipinski definition) is 1. The number of aliphatic hydroxyl groups is 1. The molecule has 0 aliphatic heterocycles. The van der Waals surface area contributed by atoms with E-state index in [-0.39, 0.29) is 6.61 Å². The number of unbranched alkanes of at least 4 members (excludes halogenated alkanes) is 3. The lowest BCUT2D eigenvalue weighted by molar-refractivity contribution is 0.112. The largest absolute Gasteiger partial charge is 0.493 e. The van der Waals surface area contributed by atoms with Crippen molar-refractivity contribution in [2.75, 3.05) is 20.3 Å². The third-order valence-electron chi connectivity index (χ3n) is 4.83. The van der Waals surface area contributed by atoms with Crippen LogP contribution in [0.1, 0.15) is 75.2 Å². The van der Waals surface area contributed by atoms with Gasteiger partial charge in [0.15, 0.2) is 17.8 Å². The number of aliphatic hydroxyl groups excluding tert-OH is 1. The molecule has 0 aliphatic carbocycles. The standard InChI is InChI=1S/C23H36O4/c1-5-6-10-19(18(2)3)11-12-20-15-23(27-14-9-7-8-13-24)22(26-4)16-21(20)17-25/h11-12,15-19,24H,5-10,13-14H2,1-4H3/b12-11-. The fraction of sp³-hybridized carbons (Fsp3) is 0.609. The number of benzene rings is 1. The second-order valence-corrected chi connectivity index (χ2v) is 7.29. The predicted molar refractivity (Wildman–Crippen MR) is 112 cm³/mol. The van der Waals surface area contributed by atoms with Crippen molar-refractivity contribution in [3.63, 3.8) is 0 Å². The third kappa shape index (κ3) is 8.17. The minimum Gasteiger partial charge on any atom is -0.493 e. The van der Waals surface area contributed by atoms with Gasteiger partial charge in [0.2, 0.25) is 0 Å². The molecule has 1 unspecified atom stereocenters. The number of methoxy groups -OCH3 is 1. The Bertz CT molecular complexity index is 578. The van der Waals surface area contributed by atoms with E-state index in [1.54, 1.807) is 13.2 Å². The van der Waals surface area contributed by atoms with Crippen LogP contribution in [0.15, 0.2) is 18.2 Å². The molecule has 152 valence electrons. The predicted octanol–water partition coefficient (Wildman–Crippen LogP) is 5.52. The van der Waals surface area contributed by atoms with Crippen LogP contribution in [0, 0.1) is 11.8 Å². The Hall–Kier alpha value is -1.81. The summed E-state index contributed by atoms with van der Waals surface area (Å²) in [6, 6.07) is 3.63. The molecule has 0 saturated heterocycles. The summed E-state index contributed by atoms with van der Waals surface area (Å²) in [5, 5.41) is 8.85. The van der Waals surface area contributed by atoms with Gasteiger partial charge in [0.25, 0.3) is 0 Å². The minimum atomic E-state index is 0.210. The highest BCUT2D eigenvalue weighted by atomic mass is 16.5. The summed E-state index contributed by atoms with van der Waals surface area (Å²) in [4.78, 5) is 11.5. The van der Waals surface area contributed by atoms with Crippen LogP contribution in [-0.2, 0) is 0 Å². The highest BCUT2D eigenvalue weighted by Crippen LogP contribution is 2.32. The van der Waals surface area contributed by atoms with Gasteiger partial charge in [-0.25, -0.2) is 0 Å². The molecule has 4 heteroatoms. The van der Waals surface area contributed by atoms with Crippen molar-refractivity contribution < 1.29 is 19.4 Å². The molecule has 0 aliphatic rings. The molecule has 1 atom stereocenters. The summed E-state index contributed by atoms with van der Waals surface area (Å²) in [5.74, 6) is 2.28. The normalized spacial score (nSPS) is 12.5. The lowest BCUT2D eigenvalue weighted by atomic mass is 9.89. The zero-order chi connectivity index (χ0) is 20.1. The molecular formula is C23H36O4. The van der Waals surface area contributed by atoms with E-state index in [2.05, 4.69) is 26.8 Å². The molecule has 0 saturated carbocycles. The highest BCUT2D eigenvalue weighted by molar-refractivity contribution is 5.83. The van der Waals surface area contributed by atoms with E-state index < -0.39 is 0 Å². The van der Waals surface area contributed by atoms with Crippen LogP contribution in [0.25, 0.3) is 6.08 Å². The van der Waals surface area contributed by atoms with Crippen LogP contribution in [0.4, 0.5) is 0 Å². The van der Waals surface area contributed by atoms with E-state index in [0.717, 1.165) is 37.5 Å². The number of ether oxygens (including phenoxy) is 2. The Balaban J connectivity index is 2.97. The number of rotatable bonds is 14.